The molecular weight excluding hydrogens is 78.0 g/mol. The zero-order valence-electron chi connectivity index (χ0n) is 4.02. The minimum atomic E-state index is 0.319. The monoisotopic (exact) mass is 88.1 g/mol. The summed E-state index contributed by atoms with van der Waals surface area (Å²) in [4.78, 5) is 0. The van der Waals surface area contributed by atoms with E-state index in [1.807, 2.05) is 7.05 Å². The molecule has 0 aromatic carbocycles. The van der Waals surface area contributed by atoms with Crippen molar-refractivity contribution in [2.45, 2.75) is 0 Å². The number of quaternary nitrogens is 1. The van der Waals surface area contributed by atoms with Crippen LogP contribution in [0.2, 0.25) is 0 Å². The first-order valence-corrected chi connectivity index (χ1v) is 2.21. The summed E-state index contributed by atoms with van der Waals surface area (Å²) < 4.78 is 0.875. The smallest absolute Gasteiger partial charge is 0.180 e. The van der Waals surface area contributed by atoms with Gasteiger partial charge in [-0.2, -0.15) is 0 Å². The lowest BCUT2D eigenvalue weighted by Gasteiger charge is -2.03. The van der Waals surface area contributed by atoms with E-state index in [1.165, 1.54) is 0 Å². The topological polar surface area (TPSA) is 20.2 Å². The zero-order chi connectivity index (χ0) is 4.62. The molecule has 0 unspecified atom stereocenters. The Hall–Kier alpha value is -0.0800. The summed E-state index contributed by atoms with van der Waals surface area (Å²) in [6.07, 6.45) is 0. The number of aliphatic hydroxyl groups excluding tert-OH is 1. The number of aliphatic hydroxyl groups is 1. The molecule has 1 aliphatic rings. The second-order valence-corrected chi connectivity index (χ2v) is 2.21. The van der Waals surface area contributed by atoms with E-state index in [1.54, 1.807) is 0 Å². The van der Waals surface area contributed by atoms with Crippen LogP contribution in [0.3, 0.4) is 0 Å². The van der Waals surface area contributed by atoms with Gasteiger partial charge in [0.2, 0.25) is 0 Å². The average molecular weight is 88.1 g/mol. The molecule has 0 radical (unpaired) electrons. The van der Waals surface area contributed by atoms with Crippen molar-refractivity contribution >= 4 is 0 Å². The van der Waals surface area contributed by atoms with Crippen molar-refractivity contribution in [2.24, 2.45) is 0 Å². The second kappa shape index (κ2) is 0.950. The Morgan fingerprint density at radius 1 is 1.67 bits per heavy atom. The van der Waals surface area contributed by atoms with Crippen molar-refractivity contribution in [1.29, 1.82) is 0 Å². The van der Waals surface area contributed by atoms with Gasteiger partial charge in [-0.1, -0.05) is 0 Å². The van der Waals surface area contributed by atoms with E-state index < -0.39 is 0 Å². The van der Waals surface area contributed by atoms with Gasteiger partial charge in [0.15, 0.2) is 6.73 Å². The van der Waals surface area contributed by atoms with Crippen LogP contribution < -0.4 is 0 Å². The van der Waals surface area contributed by atoms with Crippen molar-refractivity contribution in [3.05, 3.63) is 0 Å². The Labute approximate surface area is 37.6 Å². The molecule has 0 spiro atoms. The maximum Gasteiger partial charge on any atom is 0.180 e. The number of nitrogens with zero attached hydrogens (tertiary/aromatic N) is 1. The van der Waals surface area contributed by atoms with Crippen molar-refractivity contribution in [1.82, 2.24) is 0 Å². The molecule has 0 amide bonds. The molecule has 2 heteroatoms. The third-order valence-corrected chi connectivity index (χ3v) is 1.33. The van der Waals surface area contributed by atoms with Gasteiger partial charge in [-0.3, -0.25) is 4.48 Å². The Balaban J connectivity index is 2.28. The van der Waals surface area contributed by atoms with E-state index in [0.717, 1.165) is 17.6 Å². The molecule has 1 heterocycles. The normalized spacial score (nSPS) is 27.0. The fourth-order valence-corrected chi connectivity index (χ4v) is 0.312. The first kappa shape index (κ1) is 4.09. The molecule has 2 nitrogen and oxygen atoms in total. The third kappa shape index (κ3) is 0.533. The van der Waals surface area contributed by atoms with E-state index in [0.29, 0.717) is 6.73 Å². The van der Waals surface area contributed by atoms with Gasteiger partial charge in [0.25, 0.3) is 0 Å². The summed E-state index contributed by atoms with van der Waals surface area (Å²) >= 11 is 0. The fraction of sp³-hybridized carbons (Fsp3) is 1.00. The highest BCUT2D eigenvalue weighted by atomic mass is 16.3. The Kier molecular flexibility index (Phi) is 0.648. The van der Waals surface area contributed by atoms with Gasteiger partial charge in [-0.05, 0) is 0 Å². The molecule has 0 aromatic heterocycles. The molecule has 0 atom stereocenters. The van der Waals surface area contributed by atoms with E-state index >= 15 is 0 Å². The number of hydrogen-bond acceptors (Lipinski definition) is 1. The van der Waals surface area contributed by atoms with Gasteiger partial charge in [-0.25, -0.2) is 0 Å². The Morgan fingerprint density at radius 2 is 2.17 bits per heavy atom. The van der Waals surface area contributed by atoms with Gasteiger partial charge in [-0.15, -0.1) is 0 Å². The van der Waals surface area contributed by atoms with E-state index in [-0.39, 0.29) is 0 Å². The minimum Gasteiger partial charge on any atom is -0.347 e. The molecule has 0 aliphatic carbocycles. The average Bonchev–Trinajstić information content (AvgIpc) is 2.22. The van der Waals surface area contributed by atoms with Gasteiger partial charge < -0.3 is 5.11 Å². The first-order chi connectivity index (χ1) is 2.77. The SMILES string of the molecule is C[N+]1(CO)CC1. The Bertz CT molecular complexity index is 58.6. The van der Waals surface area contributed by atoms with Gasteiger partial charge >= 0.3 is 0 Å². The maximum atomic E-state index is 8.44. The molecule has 0 aromatic rings. The van der Waals surface area contributed by atoms with Crippen LogP contribution in [-0.2, 0) is 0 Å². The highest BCUT2D eigenvalue weighted by Crippen LogP contribution is 2.12. The van der Waals surface area contributed by atoms with Crippen LogP contribution in [0.15, 0.2) is 0 Å². The van der Waals surface area contributed by atoms with E-state index in [2.05, 4.69) is 0 Å². The largest absolute Gasteiger partial charge is 0.347 e. The van der Waals surface area contributed by atoms with Crippen molar-refractivity contribution in [3.8, 4) is 0 Å². The van der Waals surface area contributed by atoms with Crippen molar-refractivity contribution in [2.75, 3.05) is 26.9 Å². The number of likely N-dealkylation sites (N-methyl/N-ethyl adjacent to an activating group) is 1. The minimum absolute atomic E-state index is 0.319. The summed E-state index contributed by atoms with van der Waals surface area (Å²) in [6.45, 7) is 2.65. The van der Waals surface area contributed by atoms with Crippen LogP contribution in [0, 0.1) is 0 Å². The molecule has 0 bridgehead atoms. The maximum absolute atomic E-state index is 8.44. The fourth-order valence-electron chi connectivity index (χ4n) is 0.312. The van der Waals surface area contributed by atoms with Crippen molar-refractivity contribution < 1.29 is 9.59 Å². The molecule has 1 rings (SSSR count). The van der Waals surface area contributed by atoms with E-state index in [9.17, 15) is 0 Å². The predicted molar refractivity (Wildman–Crippen MR) is 23.0 cm³/mol. The van der Waals surface area contributed by atoms with Crippen molar-refractivity contribution in [3.63, 3.8) is 0 Å². The Morgan fingerprint density at radius 3 is 2.17 bits per heavy atom. The quantitative estimate of drug-likeness (QED) is 0.335. The van der Waals surface area contributed by atoms with Crippen LogP contribution >= 0.6 is 0 Å². The molecule has 1 aliphatic heterocycles. The van der Waals surface area contributed by atoms with Gasteiger partial charge in [0.1, 0.15) is 13.1 Å². The first-order valence-electron chi connectivity index (χ1n) is 2.21. The van der Waals surface area contributed by atoms with Crippen LogP contribution in [-0.4, -0.2) is 36.5 Å². The highest BCUT2D eigenvalue weighted by Gasteiger charge is 2.35. The summed E-state index contributed by atoms with van der Waals surface area (Å²) in [7, 11) is 2.04. The van der Waals surface area contributed by atoms with Crippen LogP contribution in [0.4, 0.5) is 0 Å². The molecule has 0 saturated carbocycles. The van der Waals surface area contributed by atoms with Crippen LogP contribution in [0.25, 0.3) is 0 Å². The third-order valence-electron chi connectivity index (χ3n) is 1.33. The lowest BCUT2D eigenvalue weighted by molar-refractivity contribution is -0.800. The molecule has 1 saturated heterocycles. The predicted octanol–water partition coefficient (Wildman–Crippen LogP) is -0.604. The number of hydrogen-bond donors (Lipinski definition) is 1. The summed E-state index contributed by atoms with van der Waals surface area (Å²) in [5.41, 5.74) is 0. The molecule has 36 valence electrons. The van der Waals surface area contributed by atoms with E-state index in [4.69, 9.17) is 5.11 Å². The van der Waals surface area contributed by atoms with Crippen LogP contribution in [0.1, 0.15) is 0 Å². The molecule has 1 fully saturated rings. The molecule has 6 heavy (non-hydrogen) atoms. The lowest BCUT2D eigenvalue weighted by Crippen LogP contribution is -2.19. The highest BCUT2D eigenvalue weighted by molar-refractivity contribution is 4.45. The molecule has 1 N–H and O–H groups in total. The summed E-state index contributed by atoms with van der Waals surface area (Å²) in [5.74, 6) is 0. The van der Waals surface area contributed by atoms with Gasteiger partial charge in [0, 0.05) is 0 Å². The standard InChI is InChI=1S/C4H10NO/c1-5(4-6)2-3-5/h6H,2-4H2,1H3/q+1. The second-order valence-electron chi connectivity index (χ2n) is 2.21. The number of rotatable bonds is 1. The zero-order valence-corrected chi connectivity index (χ0v) is 4.02. The lowest BCUT2D eigenvalue weighted by atomic mass is 10.9. The summed E-state index contributed by atoms with van der Waals surface area (Å²) in [6, 6.07) is 0. The van der Waals surface area contributed by atoms with Gasteiger partial charge in [0.05, 0.1) is 7.05 Å². The molecular formula is C4H10NO+. The summed E-state index contributed by atoms with van der Waals surface area (Å²) in [5, 5.41) is 8.44. The van der Waals surface area contributed by atoms with Crippen LogP contribution in [0.5, 0.6) is 0 Å².